The Morgan fingerprint density at radius 1 is 0.941 bits per heavy atom. The number of hydrogen-bond donors (Lipinski definition) is 0. The topological polar surface area (TPSA) is 43.4 Å². The maximum atomic E-state index is 11.7. The van der Waals surface area contributed by atoms with E-state index < -0.39 is 0 Å². The van der Waals surface area contributed by atoms with E-state index in [2.05, 4.69) is 0 Å². The maximum absolute atomic E-state index is 11.7. The first-order valence-corrected chi connectivity index (χ1v) is 6.77. The lowest BCUT2D eigenvalue weighted by atomic mass is 9.63. The van der Waals surface area contributed by atoms with E-state index in [1.807, 2.05) is 0 Å². The molecule has 2 fully saturated rings. The smallest absolute Gasteiger partial charge is 0.302 e. The first-order valence-electron chi connectivity index (χ1n) is 6.77. The van der Waals surface area contributed by atoms with E-state index in [-0.39, 0.29) is 18.0 Å². The molecule has 0 saturated heterocycles. The Labute approximate surface area is 103 Å². The van der Waals surface area contributed by atoms with Gasteiger partial charge in [-0.25, -0.2) is 0 Å². The summed E-state index contributed by atoms with van der Waals surface area (Å²) in [5.74, 6) is 1.24. The van der Waals surface area contributed by atoms with Crippen LogP contribution in [-0.2, 0) is 14.3 Å². The summed E-state index contributed by atoms with van der Waals surface area (Å²) in [6, 6.07) is 0. The van der Waals surface area contributed by atoms with E-state index in [4.69, 9.17) is 4.74 Å². The van der Waals surface area contributed by atoms with Crippen LogP contribution >= 0.6 is 0 Å². The molecule has 2 aliphatic rings. The number of Topliss-reactive ketones (excluding diaryl/α,β-unsaturated/α-hetero) is 1. The van der Waals surface area contributed by atoms with Crippen molar-refractivity contribution in [2.24, 2.45) is 17.8 Å². The zero-order chi connectivity index (χ0) is 12.4. The van der Waals surface area contributed by atoms with Crippen molar-refractivity contribution in [3.8, 4) is 0 Å². The molecule has 0 aromatic carbocycles. The molecule has 3 heteroatoms. The largest absolute Gasteiger partial charge is 0.462 e. The molecule has 3 nitrogen and oxygen atoms in total. The zero-order valence-corrected chi connectivity index (χ0v) is 10.8. The van der Waals surface area contributed by atoms with Gasteiger partial charge in [-0.15, -0.1) is 0 Å². The Hall–Kier alpha value is -0.860. The minimum Gasteiger partial charge on any atom is -0.462 e. The van der Waals surface area contributed by atoms with Gasteiger partial charge < -0.3 is 4.74 Å². The van der Waals surface area contributed by atoms with Crippen LogP contribution in [0, 0.1) is 17.8 Å². The lowest BCUT2D eigenvalue weighted by molar-refractivity contribution is -0.155. The fourth-order valence-corrected chi connectivity index (χ4v) is 3.81. The van der Waals surface area contributed by atoms with Crippen LogP contribution in [0.15, 0.2) is 0 Å². The van der Waals surface area contributed by atoms with Crippen molar-refractivity contribution in [1.82, 2.24) is 0 Å². The lowest BCUT2D eigenvalue weighted by Gasteiger charge is -2.44. The Morgan fingerprint density at radius 3 is 2.24 bits per heavy atom. The summed E-state index contributed by atoms with van der Waals surface area (Å²) in [7, 11) is 0. The summed E-state index contributed by atoms with van der Waals surface area (Å²) >= 11 is 0. The fraction of sp³-hybridized carbons (Fsp3) is 0.857. The third-order valence-electron chi connectivity index (χ3n) is 4.46. The third-order valence-corrected chi connectivity index (χ3v) is 4.46. The van der Waals surface area contributed by atoms with E-state index in [1.54, 1.807) is 6.92 Å². The fourth-order valence-electron chi connectivity index (χ4n) is 3.81. The summed E-state index contributed by atoms with van der Waals surface area (Å²) in [6.45, 7) is 3.19. The van der Waals surface area contributed by atoms with E-state index in [0.29, 0.717) is 17.6 Å². The minimum absolute atomic E-state index is 0.0633. The average Bonchev–Trinajstić information content (AvgIpc) is 2.28. The van der Waals surface area contributed by atoms with Crippen LogP contribution in [0.5, 0.6) is 0 Å². The van der Waals surface area contributed by atoms with Crippen LogP contribution < -0.4 is 0 Å². The molecule has 2 aliphatic carbocycles. The van der Waals surface area contributed by atoms with Gasteiger partial charge in [0.1, 0.15) is 11.9 Å². The zero-order valence-electron chi connectivity index (χ0n) is 10.8. The molecule has 0 aliphatic heterocycles. The van der Waals surface area contributed by atoms with Crippen LogP contribution in [0.3, 0.4) is 0 Å². The van der Waals surface area contributed by atoms with Gasteiger partial charge in [0.25, 0.3) is 0 Å². The van der Waals surface area contributed by atoms with Crippen molar-refractivity contribution in [3.05, 3.63) is 0 Å². The first kappa shape index (κ1) is 12.6. The second-order valence-corrected chi connectivity index (χ2v) is 5.55. The van der Waals surface area contributed by atoms with Crippen LogP contribution in [0.1, 0.15) is 52.4 Å². The van der Waals surface area contributed by atoms with Gasteiger partial charge >= 0.3 is 5.97 Å². The van der Waals surface area contributed by atoms with Crippen molar-refractivity contribution in [2.45, 2.75) is 58.5 Å². The van der Waals surface area contributed by atoms with Crippen LogP contribution in [0.4, 0.5) is 0 Å². The van der Waals surface area contributed by atoms with Crippen LogP contribution in [0.2, 0.25) is 0 Å². The second kappa shape index (κ2) is 5.19. The highest BCUT2D eigenvalue weighted by molar-refractivity contribution is 5.78. The molecular formula is C14H22O3. The van der Waals surface area contributed by atoms with Crippen molar-refractivity contribution in [3.63, 3.8) is 0 Å². The van der Waals surface area contributed by atoms with Gasteiger partial charge in [-0.2, -0.15) is 0 Å². The molecule has 2 saturated carbocycles. The number of ketones is 1. The first-order chi connectivity index (χ1) is 8.09. The molecule has 96 valence electrons. The molecule has 4 atom stereocenters. The number of ether oxygens (including phenoxy) is 1. The number of fused-ring (bicyclic) bond motifs is 1. The molecule has 0 amide bonds. The molecule has 0 spiro atoms. The average molecular weight is 238 g/mol. The van der Waals surface area contributed by atoms with Crippen molar-refractivity contribution < 1.29 is 14.3 Å². The third kappa shape index (κ3) is 2.70. The monoisotopic (exact) mass is 238 g/mol. The molecule has 2 unspecified atom stereocenters. The second-order valence-electron chi connectivity index (χ2n) is 5.55. The molecule has 0 aromatic rings. The molecule has 17 heavy (non-hydrogen) atoms. The summed E-state index contributed by atoms with van der Waals surface area (Å²) in [4.78, 5) is 22.8. The van der Waals surface area contributed by atoms with Gasteiger partial charge in [0, 0.05) is 12.8 Å². The summed E-state index contributed by atoms with van der Waals surface area (Å²) in [6.07, 6.45) is 6.51. The molecule has 0 aromatic heterocycles. The summed E-state index contributed by atoms with van der Waals surface area (Å²) < 4.78 is 5.44. The van der Waals surface area contributed by atoms with Gasteiger partial charge in [-0.3, -0.25) is 9.59 Å². The number of hydrogen-bond acceptors (Lipinski definition) is 3. The Bertz CT molecular complexity index is 311. The molecule has 2 rings (SSSR count). The van der Waals surface area contributed by atoms with Gasteiger partial charge in [0.2, 0.25) is 0 Å². The van der Waals surface area contributed by atoms with E-state index >= 15 is 0 Å². The highest BCUT2D eigenvalue weighted by Gasteiger charge is 2.42. The van der Waals surface area contributed by atoms with Crippen LogP contribution in [-0.4, -0.2) is 17.9 Å². The van der Waals surface area contributed by atoms with Crippen molar-refractivity contribution >= 4 is 11.8 Å². The lowest BCUT2D eigenvalue weighted by Crippen LogP contribution is -2.43. The summed E-state index contributed by atoms with van der Waals surface area (Å²) in [5, 5.41) is 0. The Balaban J connectivity index is 2.09. The minimum atomic E-state index is -0.180. The SMILES string of the molecule is CC(=O)O[C@@H]1CCCC2C1CCC[C@H]2C(C)=O. The van der Waals surface area contributed by atoms with E-state index in [0.717, 1.165) is 38.5 Å². The van der Waals surface area contributed by atoms with E-state index in [9.17, 15) is 9.59 Å². The predicted molar refractivity (Wildman–Crippen MR) is 64.4 cm³/mol. The molecule has 0 radical (unpaired) electrons. The highest BCUT2D eigenvalue weighted by Crippen LogP contribution is 2.45. The van der Waals surface area contributed by atoms with Crippen LogP contribution in [0.25, 0.3) is 0 Å². The number of carbonyl (C=O) groups is 2. The number of esters is 1. The Morgan fingerprint density at radius 2 is 1.59 bits per heavy atom. The number of carbonyl (C=O) groups excluding carboxylic acids is 2. The molecule has 0 bridgehead atoms. The van der Waals surface area contributed by atoms with Gasteiger partial charge in [0.15, 0.2) is 0 Å². The molecular weight excluding hydrogens is 216 g/mol. The molecule has 0 N–H and O–H groups in total. The van der Waals surface area contributed by atoms with Gasteiger partial charge in [-0.05, 0) is 50.9 Å². The normalized spacial score (nSPS) is 37.1. The predicted octanol–water partition coefficient (Wildman–Crippen LogP) is 2.72. The standard InChI is InChI=1S/C14H22O3/c1-9(15)11-5-3-7-13-12(11)6-4-8-14(13)17-10(2)16/h11-14H,3-8H2,1-2H3/t11-,12?,13?,14+/m0/s1. The molecule has 0 heterocycles. The van der Waals surface area contributed by atoms with Crippen molar-refractivity contribution in [2.75, 3.05) is 0 Å². The highest BCUT2D eigenvalue weighted by atomic mass is 16.5. The van der Waals surface area contributed by atoms with E-state index in [1.165, 1.54) is 6.92 Å². The summed E-state index contributed by atoms with van der Waals surface area (Å²) in [5.41, 5.74) is 0. The number of rotatable bonds is 2. The van der Waals surface area contributed by atoms with Gasteiger partial charge in [0.05, 0.1) is 0 Å². The van der Waals surface area contributed by atoms with Gasteiger partial charge in [-0.1, -0.05) is 6.42 Å². The van der Waals surface area contributed by atoms with Crippen molar-refractivity contribution in [1.29, 1.82) is 0 Å². The maximum Gasteiger partial charge on any atom is 0.302 e. The Kier molecular flexibility index (Phi) is 3.85. The quantitative estimate of drug-likeness (QED) is 0.695.